The Balaban J connectivity index is 0.000000725. The highest BCUT2D eigenvalue weighted by Gasteiger charge is 2.38. The maximum absolute atomic E-state index is 14.6. The Bertz CT molecular complexity index is 1970. The fourth-order valence-electron chi connectivity index (χ4n) is 6.77. The molecule has 334 valence electrons. The first-order valence-electron chi connectivity index (χ1n) is 21.4. The molecule has 2 saturated heterocycles. The molecule has 2 fully saturated rings. The molecule has 0 unspecified atom stereocenters. The molecular formula is C46H61N6O9P. The zero-order valence-electron chi connectivity index (χ0n) is 36.1. The third-order valence-corrected chi connectivity index (χ3v) is 12.3. The van der Waals surface area contributed by atoms with E-state index in [9.17, 15) is 24.1 Å². The molecule has 0 saturated carbocycles. The molecule has 2 aliphatic heterocycles. The Kier molecular flexibility index (Phi) is 19.3. The van der Waals surface area contributed by atoms with Crippen LogP contribution in [0.3, 0.4) is 0 Å². The van der Waals surface area contributed by atoms with Crippen LogP contribution in [0.5, 0.6) is 0 Å². The molecule has 2 N–H and O–H groups in total. The van der Waals surface area contributed by atoms with E-state index in [0.717, 1.165) is 30.8 Å². The number of hydrogen-bond acceptors (Lipinski definition) is 11. The fourth-order valence-corrected chi connectivity index (χ4v) is 8.44. The number of amides is 3. The second-order valence-corrected chi connectivity index (χ2v) is 17.2. The largest absolute Gasteiger partial charge is 0.465 e. The van der Waals surface area contributed by atoms with Gasteiger partial charge in [-0.2, -0.15) is 0 Å². The summed E-state index contributed by atoms with van der Waals surface area (Å²) in [5.74, 6) is -0.382. The van der Waals surface area contributed by atoms with Gasteiger partial charge in [-0.1, -0.05) is 118 Å². The Morgan fingerprint density at radius 3 is 1.85 bits per heavy atom. The van der Waals surface area contributed by atoms with Crippen molar-refractivity contribution in [1.82, 2.24) is 25.1 Å². The number of benzene rings is 3. The number of carbonyl (C=O) groups is 3. The van der Waals surface area contributed by atoms with Crippen LogP contribution in [0.1, 0.15) is 67.6 Å². The van der Waals surface area contributed by atoms with Crippen LogP contribution in [0.15, 0.2) is 97.1 Å². The lowest BCUT2D eigenvalue weighted by atomic mass is 10.2. The first-order valence-corrected chi connectivity index (χ1v) is 23.2. The number of unbranched alkanes of at least 4 members (excludes halogenated alkanes) is 2. The molecule has 3 amide bonds. The summed E-state index contributed by atoms with van der Waals surface area (Å²) in [5.41, 5.74) is 2.19. The Morgan fingerprint density at radius 1 is 0.790 bits per heavy atom. The summed E-state index contributed by atoms with van der Waals surface area (Å²) in [6.45, 7) is 7.73. The first-order chi connectivity index (χ1) is 30.1. The summed E-state index contributed by atoms with van der Waals surface area (Å²) in [6.07, 6.45) is 4.13. The number of anilines is 1. The van der Waals surface area contributed by atoms with Crippen molar-refractivity contribution >= 4 is 31.3 Å². The maximum Gasteiger partial charge on any atom is 0.407 e. The standard InChI is InChI=1S/C38H43N6O8P.C8H18O/c1-50-31-17-18-44(24-31)34-23-32(39-35(41-34)30-15-9-4-10-16-30)36(45)40-33(37(46)42-19-21-43(22-20-42)38(47)48)27-53(49,51-25-28-11-5-2-6-12-28)52-26-29-13-7-3-8-14-29;1-3-5-7-9-8-6-4-2/h2-16,23,31,33H,17-22,24-27H2,1H3,(H,40,45)(H,47,48);3-8H2,1-2H3/t31-,33-;/m0./s1. The minimum absolute atomic E-state index is 0.00642. The monoisotopic (exact) mass is 872 g/mol. The summed E-state index contributed by atoms with van der Waals surface area (Å²) in [5, 5.41) is 12.3. The number of piperazine rings is 1. The number of nitrogens with zero attached hydrogens (tertiary/aromatic N) is 5. The predicted octanol–water partition coefficient (Wildman–Crippen LogP) is 7.52. The van der Waals surface area contributed by atoms with Crippen LogP contribution in [0.4, 0.5) is 10.6 Å². The lowest BCUT2D eigenvalue weighted by Crippen LogP contribution is -2.56. The minimum atomic E-state index is -4.10. The summed E-state index contributed by atoms with van der Waals surface area (Å²) in [7, 11) is -2.44. The SMILES string of the molecule is CCCCOCCCC.CO[C@H]1CCN(c2cc(C(=O)N[C@@H](CP(=O)(OCc3ccccc3)OCc3ccccc3)C(=O)N3CCN(C(=O)O)CC3)nc(-c3ccccc3)n2)C1. The van der Waals surface area contributed by atoms with E-state index in [1.54, 1.807) is 13.2 Å². The van der Waals surface area contributed by atoms with Gasteiger partial charge in [-0.15, -0.1) is 0 Å². The van der Waals surface area contributed by atoms with Gasteiger partial charge in [0.25, 0.3) is 5.91 Å². The zero-order chi connectivity index (χ0) is 44.2. The topological polar surface area (TPSA) is 173 Å². The van der Waals surface area contributed by atoms with E-state index in [0.29, 0.717) is 30.3 Å². The third kappa shape index (κ3) is 15.0. The van der Waals surface area contributed by atoms with Gasteiger partial charge in [0, 0.05) is 71.2 Å². The predicted molar refractivity (Wildman–Crippen MR) is 238 cm³/mol. The molecule has 0 radical (unpaired) electrons. The van der Waals surface area contributed by atoms with Crippen LogP contribution in [-0.2, 0) is 41.1 Å². The smallest absolute Gasteiger partial charge is 0.407 e. The average Bonchev–Trinajstić information content (AvgIpc) is 3.81. The number of carboxylic acid groups (broad SMARTS) is 1. The van der Waals surface area contributed by atoms with E-state index in [4.69, 9.17) is 23.5 Å². The normalized spacial score (nSPS) is 15.7. The Hall–Kier alpha value is -5.18. The van der Waals surface area contributed by atoms with E-state index in [1.807, 2.05) is 95.9 Å². The van der Waals surface area contributed by atoms with Crippen LogP contribution < -0.4 is 10.2 Å². The number of nitrogens with one attached hydrogen (secondary N) is 1. The van der Waals surface area contributed by atoms with Crippen molar-refractivity contribution in [2.45, 2.75) is 71.3 Å². The number of rotatable bonds is 20. The van der Waals surface area contributed by atoms with Gasteiger partial charge < -0.3 is 43.6 Å². The Morgan fingerprint density at radius 2 is 1.34 bits per heavy atom. The molecule has 0 spiro atoms. The van der Waals surface area contributed by atoms with Crippen molar-refractivity contribution < 1.29 is 42.6 Å². The summed E-state index contributed by atoms with van der Waals surface area (Å²) in [6, 6.07) is 27.8. The zero-order valence-corrected chi connectivity index (χ0v) is 37.0. The molecule has 2 aliphatic rings. The molecule has 3 heterocycles. The lowest BCUT2D eigenvalue weighted by molar-refractivity contribution is -0.134. The van der Waals surface area contributed by atoms with E-state index in [-0.39, 0.29) is 51.2 Å². The average molecular weight is 873 g/mol. The summed E-state index contributed by atoms with van der Waals surface area (Å²) >= 11 is 0. The van der Waals surface area contributed by atoms with Crippen molar-refractivity contribution in [3.8, 4) is 11.4 Å². The van der Waals surface area contributed by atoms with Gasteiger partial charge in [-0.25, -0.2) is 14.8 Å². The number of ether oxygens (including phenoxy) is 2. The van der Waals surface area contributed by atoms with Crippen molar-refractivity contribution in [3.05, 3.63) is 114 Å². The highest BCUT2D eigenvalue weighted by Crippen LogP contribution is 2.50. The number of hydrogen-bond donors (Lipinski definition) is 2. The van der Waals surface area contributed by atoms with Gasteiger partial charge in [0.2, 0.25) is 5.91 Å². The number of aromatic nitrogens is 2. The lowest BCUT2D eigenvalue weighted by Gasteiger charge is -2.35. The van der Waals surface area contributed by atoms with Gasteiger partial charge >= 0.3 is 13.7 Å². The second-order valence-electron chi connectivity index (χ2n) is 15.1. The van der Waals surface area contributed by atoms with Gasteiger partial charge in [0.15, 0.2) is 5.82 Å². The molecule has 2 atom stereocenters. The van der Waals surface area contributed by atoms with E-state index in [1.165, 1.54) is 35.5 Å². The molecule has 15 nitrogen and oxygen atoms in total. The fraction of sp³-hybridized carbons (Fsp3) is 0.457. The molecule has 16 heteroatoms. The summed E-state index contributed by atoms with van der Waals surface area (Å²) in [4.78, 5) is 54.2. The van der Waals surface area contributed by atoms with E-state index < -0.39 is 37.7 Å². The van der Waals surface area contributed by atoms with E-state index in [2.05, 4.69) is 24.1 Å². The van der Waals surface area contributed by atoms with Crippen molar-refractivity contribution in [2.24, 2.45) is 0 Å². The molecule has 3 aromatic carbocycles. The van der Waals surface area contributed by atoms with Gasteiger partial charge in [-0.05, 0) is 30.4 Å². The van der Waals surface area contributed by atoms with Gasteiger partial charge in [0.05, 0.1) is 25.5 Å². The summed E-state index contributed by atoms with van der Waals surface area (Å²) < 4.78 is 37.5. The van der Waals surface area contributed by atoms with Crippen LogP contribution in [0.25, 0.3) is 11.4 Å². The van der Waals surface area contributed by atoms with Crippen LogP contribution >= 0.6 is 7.60 Å². The maximum atomic E-state index is 14.6. The van der Waals surface area contributed by atoms with Gasteiger partial charge in [0.1, 0.15) is 17.6 Å². The second kappa shape index (κ2) is 25.1. The quantitative estimate of drug-likeness (QED) is 0.0662. The molecular weight excluding hydrogens is 812 g/mol. The number of carbonyl (C=O) groups excluding carboxylic acids is 2. The highest BCUT2D eigenvalue weighted by molar-refractivity contribution is 7.53. The van der Waals surface area contributed by atoms with Crippen LogP contribution in [-0.4, -0.2) is 121 Å². The minimum Gasteiger partial charge on any atom is -0.465 e. The molecule has 0 bridgehead atoms. The molecule has 0 aliphatic carbocycles. The van der Waals surface area contributed by atoms with E-state index >= 15 is 0 Å². The first kappa shape index (κ1) is 47.9. The van der Waals surface area contributed by atoms with Crippen molar-refractivity contribution in [2.75, 3.05) is 70.7 Å². The van der Waals surface area contributed by atoms with Crippen molar-refractivity contribution in [1.29, 1.82) is 0 Å². The third-order valence-electron chi connectivity index (χ3n) is 10.5. The van der Waals surface area contributed by atoms with Crippen LogP contribution in [0.2, 0.25) is 0 Å². The van der Waals surface area contributed by atoms with Gasteiger partial charge in [-0.3, -0.25) is 14.2 Å². The molecule has 62 heavy (non-hydrogen) atoms. The van der Waals surface area contributed by atoms with Crippen molar-refractivity contribution in [3.63, 3.8) is 0 Å². The molecule has 1 aromatic heterocycles. The highest BCUT2D eigenvalue weighted by atomic mass is 31.2. The Labute approximate surface area is 365 Å². The van der Waals surface area contributed by atoms with Crippen LogP contribution in [0, 0.1) is 0 Å². The molecule has 6 rings (SSSR count). The number of methoxy groups -OCH3 is 1. The molecule has 4 aromatic rings.